The van der Waals surface area contributed by atoms with E-state index in [0.29, 0.717) is 5.56 Å². The third-order valence-corrected chi connectivity index (χ3v) is 1.92. The van der Waals surface area contributed by atoms with Gasteiger partial charge in [0.25, 0.3) is 0 Å². The molecule has 1 aromatic carbocycles. The van der Waals surface area contributed by atoms with Crippen molar-refractivity contribution in [2.45, 2.75) is 19.9 Å². The number of halogens is 2. The van der Waals surface area contributed by atoms with Crippen LogP contribution in [0, 0.1) is 11.6 Å². The molecule has 1 unspecified atom stereocenters. The Balaban J connectivity index is 3.07. The molecule has 1 aromatic rings. The van der Waals surface area contributed by atoms with E-state index in [1.54, 1.807) is 6.08 Å². The lowest BCUT2D eigenvalue weighted by molar-refractivity contribution is 0.568. The summed E-state index contributed by atoms with van der Waals surface area (Å²) in [6.07, 6.45) is 1.80. The van der Waals surface area contributed by atoms with Gasteiger partial charge in [-0.05, 0) is 31.5 Å². The van der Waals surface area contributed by atoms with Crippen LogP contribution in [-0.2, 0) is 0 Å². The second-order valence-electron chi connectivity index (χ2n) is 3.59. The molecule has 0 amide bonds. The highest BCUT2D eigenvalue weighted by Crippen LogP contribution is 2.18. The third kappa shape index (κ3) is 3.42. The van der Waals surface area contributed by atoms with Crippen LogP contribution in [0.4, 0.5) is 8.78 Å². The molecule has 3 N–H and O–H groups in total. The maximum absolute atomic E-state index is 12.9. The second kappa shape index (κ2) is 5.00. The largest absolute Gasteiger partial charge is 0.271 e. The quantitative estimate of drug-likeness (QED) is 0.459. The zero-order valence-electron chi connectivity index (χ0n) is 8.72. The molecule has 0 aliphatic rings. The summed E-state index contributed by atoms with van der Waals surface area (Å²) in [4.78, 5) is 0. The Kier molecular flexibility index (Phi) is 3.94. The highest BCUT2D eigenvalue weighted by molar-refractivity contribution is 5.25. The van der Waals surface area contributed by atoms with E-state index >= 15 is 0 Å². The minimum atomic E-state index is -0.604. The molecule has 2 nitrogen and oxygen atoms in total. The van der Waals surface area contributed by atoms with E-state index in [0.717, 1.165) is 11.6 Å². The lowest BCUT2D eigenvalue weighted by Crippen LogP contribution is -2.27. The zero-order valence-corrected chi connectivity index (χ0v) is 8.72. The highest BCUT2D eigenvalue weighted by Gasteiger charge is 2.09. The van der Waals surface area contributed by atoms with Gasteiger partial charge in [0.2, 0.25) is 0 Å². The van der Waals surface area contributed by atoms with Crippen molar-refractivity contribution in [3.8, 4) is 0 Å². The van der Waals surface area contributed by atoms with Crippen LogP contribution in [0.1, 0.15) is 25.5 Å². The van der Waals surface area contributed by atoms with Gasteiger partial charge in [-0.3, -0.25) is 5.84 Å². The Labute approximate surface area is 87.8 Å². The topological polar surface area (TPSA) is 38.0 Å². The maximum atomic E-state index is 12.9. The summed E-state index contributed by atoms with van der Waals surface area (Å²) < 4.78 is 25.9. The molecule has 0 heterocycles. The number of rotatable bonds is 3. The lowest BCUT2D eigenvalue weighted by atomic mass is 10.0. The molecule has 15 heavy (non-hydrogen) atoms. The molecule has 82 valence electrons. The fourth-order valence-electron chi connectivity index (χ4n) is 1.33. The summed E-state index contributed by atoms with van der Waals surface area (Å²) >= 11 is 0. The average Bonchev–Trinajstić information content (AvgIpc) is 2.12. The molecule has 0 bridgehead atoms. The number of nitrogens with one attached hydrogen (secondary N) is 1. The van der Waals surface area contributed by atoms with Gasteiger partial charge in [-0.2, -0.15) is 0 Å². The van der Waals surface area contributed by atoms with Crippen LogP contribution >= 0.6 is 0 Å². The number of allylic oxidation sites excluding steroid dienone is 1. The zero-order chi connectivity index (χ0) is 11.4. The summed E-state index contributed by atoms with van der Waals surface area (Å²) in [6.45, 7) is 3.78. The van der Waals surface area contributed by atoms with Crippen molar-refractivity contribution in [2.75, 3.05) is 0 Å². The van der Waals surface area contributed by atoms with Crippen molar-refractivity contribution in [3.05, 3.63) is 47.0 Å². The van der Waals surface area contributed by atoms with E-state index in [9.17, 15) is 8.78 Å². The van der Waals surface area contributed by atoms with Gasteiger partial charge in [0, 0.05) is 6.07 Å². The van der Waals surface area contributed by atoms with Gasteiger partial charge in [-0.15, -0.1) is 0 Å². The first-order chi connectivity index (χ1) is 7.02. The van der Waals surface area contributed by atoms with Gasteiger partial charge in [-0.1, -0.05) is 11.6 Å². The van der Waals surface area contributed by atoms with Gasteiger partial charge in [0.1, 0.15) is 11.6 Å². The van der Waals surface area contributed by atoms with Crippen molar-refractivity contribution in [2.24, 2.45) is 5.84 Å². The van der Waals surface area contributed by atoms with Crippen LogP contribution in [0.25, 0.3) is 0 Å². The molecule has 0 saturated heterocycles. The van der Waals surface area contributed by atoms with Crippen molar-refractivity contribution in [1.82, 2.24) is 5.43 Å². The van der Waals surface area contributed by atoms with Crippen molar-refractivity contribution < 1.29 is 8.78 Å². The number of nitrogens with two attached hydrogens (primary N) is 1. The maximum Gasteiger partial charge on any atom is 0.126 e. The standard InChI is InChI=1S/C11H14F2N2/c1-7(2)3-11(15-14)8-4-9(12)6-10(13)5-8/h3-6,11,15H,14H2,1-2H3. The minimum absolute atomic E-state index is 0.375. The first-order valence-electron chi connectivity index (χ1n) is 4.60. The van der Waals surface area contributed by atoms with E-state index in [2.05, 4.69) is 5.43 Å². The van der Waals surface area contributed by atoms with E-state index in [-0.39, 0.29) is 6.04 Å². The molecule has 0 aromatic heterocycles. The Morgan fingerprint density at radius 3 is 2.20 bits per heavy atom. The van der Waals surface area contributed by atoms with E-state index < -0.39 is 11.6 Å². The van der Waals surface area contributed by atoms with Crippen LogP contribution in [0.5, 0.6) is 0 Å². The van der Waals surface area contributed by atoms with Gasteiger partial charge >= 0.3 is 0 Å². The predicted octanol–water partition coefficient (Wildman–Crippen LogP) is 2.44. The van der Waals surface area contributed by atoms with Gasteiger partial charge < -0.3 is 0 Å². The minimum Gasteiger partial charge on any atom is -0.271 e. The van der Waals surface area contributed by atoms with Gasteiger partial charge in [-0.25, -0.2) is 14.2 Å². The van der Waals surface area contributed by atoms with Crippen molar-refractivity contribution in [1.29, 1.82) is 0 Å². The van der Waals surface area contributed by atoms with Crippen LogP contribution < -0.4 is 11.3 Å². The molecule has 1 atom stereocenters. The fraction of sp³-hybridized carbons (Fsp3) is 0.273. The van der Waals surface area contributed by atoms with E-state index in [1.165, 1.54) is 12.1 Å². The van der Waals surface area contributed by atoms with Crippen LogP contribution in [0.2, 0.25) is 0 Å². The SMILES string of the molecule is CC(C)=CC(NN)c1cc(F)cc(F)c1. The molecule has 0 aliphatic heterocycles. The van der Waals surface area contributed by atoms with Crippen LogP contribution in [0.15, 0.2) is 29.8 Å². The number of hydrazine groups is 1. The molecule has 0 fully saturated rings. The summed E-state index contributed by atoms with van der Waals surface area (Å²) in [5.74, 6) is 4.11. The third-order valence-electron chi connectivity index (χ3n) is 1.92. The summed E-state index contributed by atoms with van der Waals surface area (Å²) in [5, 5.41) is 0. The Morgan fingerprint density at radius 1 is 1.27 bits per heavy atom. The second-order valence-corrected chi connectivity index (χ2v) is 3.59. The summed E-state index contributed by atoms with van der Waals surface area (Å²) in [7, 11) is 0. The molecule has 0 spiro atoms. The number of hydrogen-bond donors (Lipinski definition) is 2. The molecule has 0 saturated carbocycles. The Morgan fingerprint density at radius 2 is 1.80 bits per heavy atom. The van der Waals surface area contributed by atoms with Crippen molar-refractivity contribution >= 4 is 0 Å². The van der Waals surface area contributed by atoms with E-state index in [4.69, 9.17) is 5.84 Å². The number of hydrogen-bond acceptors (Lipinski definition) is 2. The molecule has 4 heteroatoms. The monoisotopic (exact) mass is 212 g/mol. The van der Waals surface area contributed by atoms with Crippen LogP contribution in [0.3, 0.4) is 0 Å². The van der Waals surface area contributed by atoms with Crippen LogP contribution in [-0.4, -0.2) is 0 Å². The lowest BCUT2D eigenvalue weighted by Gasteiger charge is -2.13. The fourth-order valence-corrected chi connectivity index (χ4v) is 1.33. The summed E-state index contributed by atoms with van der Waals surface area (Å²) in [6, 6.07) is 2.97. The first kappa shape index (κ1) is 11.8. The molecular weight excluding hydrogens is 198 g/mol. The Hall–Kier alpha value is -1.26. The molecule has 1 rings (SSSR count). The number of benzene rings is 1. The van der Waals surface area contributed by atoms with E-state index in [1.807, 2.05) is 13.8 Å². The summed E-state index contributed by atoms with van der Waals surface area (Å²) in [5.41, 5.74) is 3.98. The van der Waals surface area contributed by atoms with Gasteiger partial charge in [0.15, 0.2) is 0 Å². The van der Waals surface area contributed by atoms with Gasteiger partial charge in [0.05, 0.1) is 6.04 Å². The smallest absolute Gasteiger partial charge is 0.126 e. The normalized spacial score (nSPS) is 12.3. The average molecular weight is 212 g/mol. The highest BCUT2D eigenvalue weighted by atomic mass is 19.1. The Bertz CT molecular complexity index is 351. The molecular formula is C11H14F2N2. The molecule has 0 aliphatic carbocycles. The molecule has 0 radical (unpaired) electrons. The van der Waals surface area contributed by atoms with Crippen molar-refractivity contribution in [3.63, 3.8) is 0 Å². The predicted molar refractivity (Wildman–Crippen MR) is 55.9 cm³/mol. The first-order valence-corrected chi connectivity index (χ1v) is 4.60.